The monoisotopic (exact) mass is 241 g/mol. The number of amides is 1. The van der Waals surface area contributed by atoms with Gasteiger partial charge in [0.15, 0.2) is 5.78 Å². The summed E-state index contributed by atoms with van der Waals surface area (Å²) >= 11 is 0. The molecule has 0 heterocycles. The molecule has 1 atom stereocenters. The molecule has 8 heteroatoms. The molecule has 5 nitrogen and oxygen atoms in total. The number of aliphatic carboxylic acids is 1. The minimum absolute atomic E-state index is 0.422. The average molecular weight is 241 g/mol. The molecule has 92 valence electrons. The number of carboxylic acid groups (broad SMARTS) is 1. The summed E-state index contributed by atoms with van der Waals surface area (Å²) in [5.74, 6) is -4.22. The predicted molar refractivity (Wildman–Crippen MR) is 45.5 cm³/mol. The molecule has 0 bridgehead atoms. The van der Waals surface area contributed by atoms with Crippen molar-refractivity contribution in [2.24, 2.45) is 0 Å². The largest absolute Gasteiger partial charge is 0.481 e. The molecule has 0 rings (SSSR count). The summed E-state index contributed by atoms with van der Waals surface area (Å²) in [6, 6.07) is -1.35. The summed E-state index contributed by atoms with van der Waals surface area (Å²) in [4.78, 5) is 31.6. The van der Waals surface area contributed by atoms with E-state index in [0.717, 1.165) is 6.92 Å². The van der Waals surface area contributed by atoms with Gasteiger partial charge in [-0.1, -0.05) is 0 Å². The summed E-state index contributed by atoms with van der Waals surface area (Å²) in [5, 5.41) is 9.67. The van der Waals surface area contributed by atoms with Crippen LogP contribution in [0.15, 0.2) is 0 Å². The molecule has 0 spiro atoms. The number of hydrogen-bond acceptors (Lipinski definition) is 3. The van der Waals surface area contributed by atoms with Crippen molar-refractivity contribution in [1.82, 2.24) is 5.32 Å². The molecule has 16 heavy (non-hydrogen) atoms. The fourth-order valence-corrected chi connectivity index (χ4v) is 0.806. The summed E-state index contributed by atoms with van der Waals surface area (Å²) < 4.78 is 35.3. The molecule has 0 aliphatic rings. The highest BCUT2D eigenvalue weighted by Crippen LogP contribution is 2.14. The molecule has 0 aromatic heterocycles. The quantitative estimate of drug-likeness (QED) is 0.733. The SMILES string of the molecule is C[C@@H](NC(=O)C(F)(F)F)C(=O)CCC(=O)O. The standard InChI is InChI=1S/C8H10F3NO4/c1-4(5(13)2-3-6(14)15)12-7(16)8(9,10)11/h4H,2-3H2,1H3,(H,12,16)(H,14,15)/t4-/m1/s1. The number of alkyl halides is 3. The van der Waals surface area contributed by atoms with E-state index in [2.05, 4.69) is 0 Å². The second-order valence-electron chi connectivity index (χ2n) is 3.05. The van der Waals surface area contributed by atoms with E-state index in [0.29, 0.717) is 0 Å². The summed E-state index contributed by atoms with van der Waals surface area (Å²) in [6.45, 7) is 1.06. The van der Waals surface area contributed by atoms with Crippen LogP contribution in [0, 0.1) is 0 Å². The van der Waals surface area contributed by atoms with Crippen molar-refractivity contribution in [2.75, 3.05) is 0 Å². The number of ketones is 1. The van der Waals surface area contributed by atoms with Gasteiger partial charge in [-0.25, -0.2) is 0 Å². The molecule has 0 fully saturated rings. The molecule has 0 aromatic carbocycles. The van der Waals surface area contributed by atoms with E-state index >= 15 is 0 Å². The Balaban J connectivity index is 4.16. The smallest absolute Gasteiger partial charge is 0.471 e. The van der Waals surface area contributed by atoms with Crippen LogP contribution in [0.4, 0.5) is 13.2 Å². The van der Waals surface area contributed by atoms with Crippen molar-refractivity contribution in [1.29, 1.82) is 0 Å². The Morgan fingerprint density at radius 1 is 1.25 bits per heavy atom. The van der Waals surface area contributed by atoms with Gasteiger partial charge in [0.25, 0.3) is 0 Å². The number of hydrogen-bond donors (Lipinski definition) is 2. The summed E-state index contributed by atoms with van der Waals surface area (Å²) in [5.41, 5.74) is 0. The van der Waals surface area contributed by atoms with E-state index < -0.39 is 42.7 Å². The summed E-state index contributed by atoms with van der Waals surface area (Å²) in [7, 11) is 0. The molecule has 2 N–H and O–H groups in total. The van der Waals surface area contributed by atoms with E-state index in [1.807, 2.05) is 0 Å². The highest BCUT2D eigenvalue weighted by molar-refractivity contribution is 5.91. The van der Waals surface area contributed by atoms with Crippen LogP contribution < -0.4 is 5.32 Å². The first-order chi connectivity index (χ1) is 7.14. The minimum Gasteiger partial charge on any atom is -0.481 e. The van der Waals surface area contributed by atoms with Crippen LogP contribution in [0.3, 0.4) is 0 Å². The highest BCUT2D eigenvalue weighted by atomic mass is 19.4. The predicted octanol–water partition coefficient (Wildman–Crippen LogP) is 0.487. The maximum Gasteiger partial charge on any atom is 0.471 e. The molecule has 0 saturated carbocycles. The molecule has 0 saturated heterocycles. The Bertz CT molecular complexity index is 300. The Morgan fingerprint density at radius 2 is 1.75 bits per heavy atom. The van der Waals surface area contributed by atoms with Crippen LogP contribution in [0.1, 0.15) is 19.8 Å². The topological polar surface area (TPSA) is 83.5 Å². The Hall–Kier alpha value is -1.60. The van der Waals surface area contributed by atoms with Crippen LogP contribution in [-0.4, -0.2) is 35.0 Å². The Labute approximate surface area is 88.6 Å². The molecule has 0 unspecified atom stereocenters. The van der Waals surface area contributed by atoms with E-state index in [-0.39, 0.29) is 0 Å². The van der Waals surface area contributed by atoms with Crippen molar-refractivity contribution in [3.05, 3.63) is 0 Å². The number of carboxylic acids is 1. The van der Waals surface area contributed by atoms with Gasteiger partial charge < -0.3 is 10.4 Å². The van der Waals surface area contributed by atoms with Gasteiger partial charge >= 0.3 is 18.1 Å². The highest BCUT2D eigenvalue weighted by Gasteiger charge is 2.39. The van der Waals surface area contributed by atoms with Gasteiger partial charge in [0.05, 0.1) is 12.5 Å². The van der Waals surface area contributed by atoms with Crippen molar-refractivity contribution in [3.63, 3.8) is 0 Å². The Kier molecular flexibility index (Phi) is 4.93. The lowest BCUT2D eigenvalue weighted by atomic mass is 10.1. The fourth-order valence-electron chi connectivity index (χ4n) is 0.806. The van der Waals surface area contributed by atoms with Crippen LogP contribution in [0.2, 0.25) is 0 Å². The van der Waals surface area contributed by atoms with Gasteiger partial charge in [0.1, 0.15) is 0 Å². The summed E-state index contributed by atoms with van der Waals surface area (Å²) in [6.07, 6.45) is -5.96. The normalized spacial score (nSPS) is 13.0. The first kappa shape index (κ1) is 14.4. The lowest BCUT2D eigenvalue weighted by Crippen LogP contribution is -2.45. The maximum absolute atomic E-state index is 11.8. The third-order valence-electron chi connectivity index (χ3n) is 1.67. The second kappa shape index (κ2) is 5.47. The van der Waals surface area contributed by atoms with Crippen LogP contribution in [-0.2, 0) is 14.4 Å². The van der Waals surface area contributed by atoms with Crippen molar-refractivity contribution in [2.45, 2.75) is 32.0 Å². The van der Waals surface area contributed by atoms with Gasteiger partial charge in [-0.15, -0.1) is 0 Å². The zero-order valence-electron chi connectivity index (χ0n) is 8.30. The molecular weight excluding hydrogens is 231 g/mol. The maximum atomic E-state index is 11.8. The lowest BCUT2D eigenvalue weighted by Gasteiger charge is -2.13. The number of halogens is 3. The number of Topliss-reactive ketones (excluding diaryl/α,β-unsaturated/α-hetero) is 1. The third kappa shape index (κ3) is 5.32. The van der Waals surface area contributed by atoms with Gasteiger partial charge in [-0.05, 0) is 6.92 Å². The van der Waals surface area contributed by atoms with Gasteiger partial charge in [-0.3, -0.25) is 14.4 Å². The number of carbonyl (C=O) groups is 3. The lowest BCUT2D eigenvalue weighted by molar-refractivity contribution is -0.174. The first-order valence-electron chi connectivity index (χ1n) is 4.26. The van der Waals surface area contributed by atoms with Crippen molar-refractivity contribution < 1.29 is 32.7 Å². The van der Waals surface area contributed by atoms with Crippen molar-refractivity contribution in [3.8, 4) is 0 Å². The zero-order valence-corrected chi connectivity index (χ0v) is 8.30. The molecule has 0 radical (unpaired) electrons. The van der Waals surface area contributed by atoms with Crippen LogP contribution in [0.5, 0.6) is 0 Å². The third-order valence-corrected chi connectivity index (χ3v) is 1.67. The molecule has 1 amide bonds. The Morgan fingerprint density at radius 3 is 2.12 bits per heavy atom. The van der Waals surface area contributed by atoms with Crippen molar-refractivity contribution >= 4 is 17.7 Å². The molecule has 0 aromatic rings. The van der Waals surface area contributed by atoms with E-state index in [1.54, 1.807) is 0 Å². The second-order valence-corrected chi connectivity index (χ2v) is 3.05. The van der Waals surface area contributed by atoms with Gasteiger partial charge in [0.2, 0.25) is 0 Å². The molecule has 0 aliphatic carbocycles. The molecule has 0 aliphatic heterocycles. The zero-order chi connectivity index (χ0) is 12.9. The van der Waals surface area contributed by atoms with Gasteiger partial charge in [0, 0.05) is 6.42 Å². The fraction of sp³-hybridized carbons (Fsp3) is 0.625. The van der Waals surface area contributed by atoms with E-state index in [4.69, 9.17) is 5.11 Å². The van der Waals surface area contributed by atoms with Crippen LogP contribution in [0.25, 0.3) is 0 Å². The van der Waals surface area contributed by atoms with E-state index in [9.17, 15) is 27.6 Å². The average Bonchev–Trinajstić information content (AvgIpc) is 2.12. The van der Waals surface area contributed by atoms with Gasteiger partial charge in [-0.2, -0.15) is 13.2 Å². The van der Waals surface area contributed by atoms with E-state index in [1.165, 1.54) is 5.32 Å². The number of carbonyl (C=O) groups excluding carboxylic acids is 2. The molecular formula is C8H10F3NO4. The number of nitrogens with one attached hydrogen (secondary N) is 1. The van der Waals surface area contributed by atoms with Crippen LogP contribution >= 0.6 is 0 Å². The first-order valence-corrected chi connectivity index (χ1v) is 4.26. The number of rotatable bonds is 5. The minimum atomic E-state index is -5.05.